The molecule has 0 aliphatic heterocycles. The van der Waals surface area contributed by atoms with E-state index in [9.17, 15) is 0 Å². The van der Waals surface area contributed by atoms with Gasteiger partial charge in [0.05, 0.1) is 16.2 Å². The third-order valence-corrected chi connectivity index (χ3v) is 4.20. The first-order valence-corrected chi connectivity index (χ1v) is 8.07. The molecule has 23 heavy (non-hydrogen) atoms. The van der Waals surface area contributed by atoms with Gasteiger partial charge in [-0.25, -0.2) is 0 Å². The Morgan fingerprint density at radius 2 is 1.91 bits per heavy atom. The summed E-state index contributed by atoms with van der Waals surface area (Å²) in [6.07, 6.45) is 0. The number of halogens is 2. The number of fused-ring (bicyclic) bond motifs is 1. The zero-order chi connectivity index (χ0) is 16.6. The van der Waals surface area contributed by atoms with Gasteiger partial charge in [-0.3, -0.25) is 4.68 Å². The normalized spacial score (nSPS) is 10.8. The molecule has 7 heteroatoms. The van der Waals surface area contributed by atoms with Crippen molar-refractivity contribution in [3.63, 3.8) is 0 Å². The Hall–Kier alpha value is -1.82. The Labute approximate surface area is 149 Å². The molecule has 1 heterocycles. The third-order valence-electron chi connectivity index (χ3n) is 3.48. The van der Waals surface area contributed by atoms with Crippen LogP contribution in [-0.2, 0) is 7.05 Å². The molecule has 0 fully saturated rings. The summed E-state index contributed by atoms with van der Waals surface area (Å²) in [6.45, 7) is 1.92. The van der Waals surface area contributed by atoms with Crippen LogP contribution >= 0.6 is 35.4 Å². The summed E-state index contributed by atoms with van der Waals surface area (Å²) < 4.78 is 1.81. The zero-order valence-corrected chi connectivity index (χ0v) is 14.9. The van der Waals surface area contributed by atoms with Gasteiger partial charge in [0.2, 0.25) is 0 Å². The lowest BCUT2D eigenvalue weighted by Crippen LogP contribution is -2.20. The first-order valence-electron chi connectivity index (χ1n) is 6.91. The molecule has 0 saturated heterocycles. The lowest BCUT2D eigenvalue weighted by atomic mass is 10.2. The molecule has 3 aromatic rings. The Morgan fingerprint density at radius 3 is 2.65 bits per heavy atom. The van der Waals surface area contributed by atoms with Gasteiger partial charge in [-0.15, -0.1) is 0 Å². The van der Waals surface area contributed by atoms with E-state index in [1.165, 1.54) is 0 Å². The van der Waals surface area contributed by atoms with Gasteiger partial charge < -0.3 is 10.6 Å². The van der Waals surface area contributed by atoms with E-state index in [0.29, 0.717) is 21.0 Å². The van der Waals surface area contributed by atoms with Crippen LogP contribution in [0.4, 0.5) is 11.5 Å². The summed E-state index contributed by atoms with van der Waals surface area (Å²) in [5, 5.41) is 13.2. The molecule has 118 valence electrons. The highest BCUT2D eigenvalue weighted by atomic mass is 35.5. The average Bonchev–Trinajstić information content (AvgIpc) is 2.80. The monoisotopic (exact) mass is 364 g/mol. The number of benzene rings is 2. The fourth-order valence-corrected chi connectivity index (χ4v) is 3.26. The van der Waals surface area contributed by atoms with Crippen molar-refractivity contribution in [1.82, 2.24) is 9.78 Å². The first kappa shape index (κ1) is 16.1. The van der Waals surface area contributed by atoms with Gasteiger partial charge in [0, 0.05) is 17.5 Å². The lowest BCUT2D eigenvalue weighted by Gasteiger charge is -2.13. The van der Waals surface area contributed by atoms with Crippen LogP contribution in [0.1, 0.15) is 5.56 Å². The highest BCUT2D eigenvalue weighted by Crippen LogP contribution is 2.30. The van der Waals surface area contributed by atoms with Crippen LogP contribution in [0.25, 0.3) is 10.9 Å². The van der Waals surface area contributed by atoms with E-state index in [1.807, 2.05) is 44.3 Å². The standard InChI is InChI=1S/C16H14Cl2N4S/c1-9-7-10(17)8-12(18)14(9)19-16(23)20-15-11-5-3-4-6-13(11)22(2)21-15/h3-8H,1-2H3,(H2,19,20,21,23). The summed E-state index contributed by atoms with van der Waals surface area (Å²) in [5.41, 5.74) is 2.67. The molecule has 0 unspecified atom stereocenters. The second-order valence-electron chi connectivity index (χ2n) is 5.15. The first-order chi connectivity index (χ1) is 11.0. The number of nitrogens with one attached hydrogen (secondary N) is 2. The van der Waals surface area contributed by atoms with Crippen molar-refractivity contribution in [3.05, 3.63) is 52.0 Å². The average molecular weight is 365 g/mol. The Balaban J connectivity index is 1.85. The van der Waals surface area contributed by atoms with Gasteiger partial charge >= 0.3 is 0 Å². The summed E-state index contributed by atoms with van der Waals surface area (Å²) in [7, 11) is 1.89. The molecule has 0 aliphatic carbocycles. The minimum Gasteiger partial charge on any atom is -0.331 e. The Morgan fingerprint density at radius 1 is 1.17 bits per heavy atom. The maximum absolute atomic E-state index is 6.23. The van der Waals surface area contributed by atoms with E-state index in [4.69, 9.17) is 35.4 Å². The SMILES string of the molecule is Cc1cc(Cl)cc(Cl)c1NC(=S)Nc1nn(C)c2ccccc12. The third kappa shape index (κ3) is 3.27. The molecule has 0 atom stereocenters. The molecule has 0 saturated carbocycles. The number of rotatable bonds is 2. The molecular formula is C16H14Cl2N4S. The van der Waals surface area contributed by atoms with Crippen LogP contribution in [-0.4, -0.2) is 14.9 Å². The second-order valence-corrected chi connectivity index (χ2v) is 6.40. The summed E-state index contributed by atoms with van der Waals surface area (Å²) in [6, 6.07) is 11.4. The minimum absolute atomic E-state index is 0.418. The molecule has 0 aliphatic rings. The van der Waals surface area contributed by atoms with Crippen LogP contribution in [0.2, 0.25) is 10.0 Å². The Kier molecular flexibility index (Phi) is 4.43. The molecule has 0 amide bonds. The van der Waals surface area contributed by atoms with Crippen LogP contribution < -0.4 is 10.6 Å². The molecule has 4 nitrogen and oxygen atoms in total. The fraction of sp³-hybridized carbons (Fsp3) is 0.125. The molecular weight excluding hydrogens is 351 g/mol. The summed E-state index contributed by atoms with van der Waals surface area (Å²) in [4.78, 5) is 0. The van der Waals surface area contributed by atoms with E-state index >= 15 is 0 Å². The van der Waals surface area contributed by atoms with Crippen molar-refractivity contribution in [1.29, 1.82) is 0 Å². The highest BCUT2D eigenvalue weighted by molar-refractivity contribution is 7.80. The summed E-state index contributed by atoms with van der Waals surface area (Å²) in [5.74, 6) is 0.698. The van der Waals surface area contributed by atoms with Crippen molar-refractivity contribution in [3.8, 4) is 0 Å². The number of hydrogen-bond acceptors (Lipinski definition) is 2. The predicted octanol–water partition coefficient (Wildman–Crippen LogP) is 5.00. The van der Waals surface area contributed by atoms with Crippen LogP contribution in [0.5, 0.6) is 0 Å². The van der Waals surface area contributed by atoms with E-state index < -0.39 is 0 Å². The van der Waals surface area contributed by atoms with Gasteiger partial charge in [-0.1, -0.05) is 35.3 Å². The van der Waals surface area contributed by atoms with E-state index in [0.717, 1.165) is 22.2 Å². The molecule has 0 radical (unpaired) electrons. The highest BCUT2D eigenvalue weighted by Gasteiger charge is 2.11. The van der Waals surface area contributed by atoms with Gasteiger partial charge in [0.1, 0.15) is 0 Å². The van der Waals surface area contributed by atoms with Crippen LogP contribution in [0.3, 0.4) is 0 Å². The predicted molar refractivity (Wildman–Crippen MR) is 102 cm³/mol. The van der Waals surface area contributed by atoms with Crippen LogP contribution in [0.15, 0.2) is 36.4 Å². The van der Waals surface area contributed by atoms with Gasteiger partial charge in [0.15, 0.2) is 10.9 Å². The number of anilines is 2. The van der Waals surface area contributed by atoms with E-state index in [1.54, 1.807) is 10.7 Å². The fourth-order valence-electron chi connectivity index (χ4n) is 2.42. The smallest absolute Gasteiger partial charge is 0.176 e. The van der Waals surface area contributed by atoms with E-state index in [2.05, 4.69) is 15.7 Å². The van der Waals surface area contributed by atoms with Gasteiger partial charge in [0.25, 0.3) is 0 Å². The number of aromatic nitrogens is 2. The van der Waals surface area contributed by atoms with Gasteiger partial charge in [-0.2, -0.15) is 5.10 Å². The largest absolute Gasteiger partial charge is 0.331 e. The molecule has 2 aromatic carbocycles. The number of nitrogens with zero attached hydrogens (tertiary/aromatic N) is 2. The molecule has 1 aromatic heterocycles. The van der Waals surface area contributed by atoms with Gasteiger partial charge in [-0.05, 0) is 49.0 Å². The van der Waals surface area contributed by atoms with Crippen molar-refractivity contribution in [2.24, 2.45) is 7.05 Å². The quantitative estimate of drug-likeness (QED) is 0.628. The van der Waals surface area contributed by atoms with Crippen LogP contribution in [0, 0.1) is 6.92 Å². The number of hydrogen-bond donors (Lipinski definition) is 2. The molecule has 3 rings (SSSR count). The summed E-state index contributed by atoms with van der Waals surface area (Å²) >= 11 is 17.6. The second kappa shape index (κ2) is 6.35. The molecule has 0 spiro atoms. The maximum Gasteiger partial charge on any atom is 0.176 e. The van der Waals surface area contributed by atoms with E-state index in [-0.39, 0.29) is 0 Å². The van der Waals surface area contributed by atoms with Crippen molar-refractivity contribution >= 4 is 62.9 Å². The molecule has 0 bridgehead atoms. The maximum atomic E-state index is 6.23. The topological polar surface area (TPSA) is 41.9 Å². The number of thiocarbonyl (C=S) groups is 1. The van der Waals surface area contributed by atoms with Crippen molar-refractivity contribution in [2.45, 2.75) is 6.92 Å². The zero-order valence-electron chi connectivity index (χ0n) is 12.5. The van der Waals surface area contributed by atoms with Crippen molar-refractivity contribution in [2.75, 3.05) is 10.6 Å². The lowest BCUT2D eigenvalue weighted by molar-refractivity contribution is 0.801. The minimum atomic E-state index is 0.418. The molecule has 2 N–H and O–H groups in total. The van der Waals surface area contributed by atoms with Crippen molar-refractivity contribution < 1.29 is 0 Å². The number of para-hydroxylation sites is 1. The Bertz CT molecular complexity index is 881. The number of aryl methyl sites for hydroxylation is 2.